The van der Waals surface area contributed by atoms with E-state index in [9.17, 15) is 4.79 Å². The van der Waals surface area contributed by atoms with E-state index in [1.165, 1.54) is 41.4 Å². The molecular weight excluding hydrogens is 372 g/mol. The van der Waals surface area contributed by atoms with Gasteiger partial charge in [-0.25, -0.2) is 0 Å². The Labute approximate surface area is 180 Å². The van der Waals surface area contributed by atoms with E-state index < -0.39 is 0 Å². The number of hydrogen-bond acceptors (Lipinski definition) is 2. The number of fused-ring (bicyclic) bond motifs is 3. The number of amides is 1. The normalized spacial score (nSPS) is 20.0. The molecule has 30 heavy (non-hydrogen) atoms. The van der Waals surface area contributed by atoms with Gasteiger partial charge in [-0.05, 0) is 87.5 Å². The highest BCUT2D eigenvalue weighted by atomic mass is 16.5. The molecule has 0 spiro atoms. The summed E-state index contributed by atoms with van der Waals surface area (Å²) in [4.78, 5) is 14.9. The molecule has 1 fully saturated rings. The molecule has 4 rings (SSSR count). The highest BCUT2D eigenvalue weighted by Crippen LogP contribution is 2.39. The summed E-state index contributed by atoms with van der Waals surface area (Å²) in [5.41, 5.74) is 5.04. The van der Waals surface area contributed by atoms with Crippen molar-refractivity contribution in [3.05, 3.63) is 47.2 Å². The van der Waals surface area contributed by atoms with Gasteiger partial charge in [-0.3, -0.25) is 4.79 Å². The van der Waals surface area contributed by atoms with Crippen molar-refractivity contribution in [3.63, 3.8) is 0 Å². The molecule has 1 atom stereocenters. The summed E-state index contributed by atoms with van der Waals surface area (Å²) in [6.45, 7) is 4.67. The molecule has 4 nitrogen and oxygen atoms in total. The average molecular weight is 409 g/mol. The summed E-state index contributed by atoms with van der Waals surface area (Å²) in [5.74, 6) is 1.67. The Morgan fingerprint density at radius 2 is 2.03 bits per heavy atom. The van der Waals surface area contributed by atoms with Gasteiger partial charge >= 0.3 is 0 Å². The fourth-order valence-corrected chi connectivity index (χ4v) is 5.46. The first-order valence-electron chi connectivity index (χ1n) is 11.6. The average Bonchev–Trinajstić information content (AvgIpc) is 3.07. The van der Waals surface area contributed by atoms with Gasteiger partial charge in [0, 0.05) is 56.0 Å². The van der Waals surface area contributed by atoms with Crippen LogP contribution in [0.3, 0.4) is 0 Å². The molecule has 0 N–H and O–H groups in total. The number of carbonyl (C=O) groups is 1. The molecule has 4 heteroatoms. The van der Waals surface area contributed by atoms with E-state index in [1.54, 1.807) is 0 Å². The number of benzene rings is 1. The third kappa shape index (κ3) is 4.20. The van der Waals surface area contributed by atoms with Crippen molar-refractivity contribution >= 4 is 16.8 Å². The van der Waals surface area contributed by atoms with E-state index in [1.807, 2.05) is 24.9 Å². The summed E-state index contributed by atoms with van der Waals surface area (Å²) < 4.78 is 7.95. The monoisotopic (exact) mass is 408 g/mol. The Morgan fingerprint density at radius 3 is 2.80 bits per heavy atom. The van der Waals surface area contributed by atoms with Crippen molar-refractivity contribution in [1.82, 2.24) is 9.47 Å². The maximum absolute atomic E-state index is 13.0. The van der Waals surface area contributed by atoms with Gasteiger partial charge in [0.25, 0.3) is 5.91 Å². The number of unbranched alkanes of at least 4 members (excludes halogenated alkanes) is 1. The van der Waals surface area contributed by atoms with Crippen molar-refractivity contribution in [2.45, 2.75) is 51.9 Å². The van der Waals surface area contributed by atoms with Gasteiger partial charge in [-0.2, -0.15) is 0 Å². The molecule has 1 aromatic heterocycles. The minimum Gasteiger partial charge on any atom is -0.381 e. The van der Waals surface area contributed by atoms with Crippen LogP contribution < -0.4 is 0 Å². The Morgan fingerprint density at radius 1 is 1.23 bits per heavy atom. The molecule has 2 aliphatic rings. The zero-order valence-electron chi connectivity index (χ0n) is 18.8. The predicted octanol–water partition coefficient (Wildman–Crippen LogP) is 5.14. The van der Waals surface area contributed by atoms with E-state index in [4.69, 9.17) is 4.74 Å². The first-order valence-corrected chi connectivity index (χ1v) is 11.6. The third-order valence-electron chi connectivity index (χ3n) is 7.28. The van der Waals surface area contributed by atoms with Crippen LogP contribution in [-0.4, -0.2) is 42.2 Å². The number of hydrogen-bond donors (Lipinski definition) is 0. The molecule has 1 unspecified atom stereocenters. The Hall–Kier alpha value is -2.07. The summed E-state index contributed by atoms with van der Waals surface area (Å²) in [5, 5.41) is 1.29. The summed E-state index contributed by atoms with van der Waals surface area (Å²) in [6, 6.07) is 6.32. The van der Waals surface area contributed by atoms with E-state index in [-0.39, 0.29) is 5.91 Å². The Balaban J connectivity index is 1.56. The van der Waals surface area contributed by atoms with Crippen molar-refractivity contribution in [2.24, 2.45) is 18.9 Å². The SMILES string of the molecule is C/C=C/CCCN(C)C(=O)c1ccc2c(c1)c1c(n2C)CCC(C2CCOCC2)C1. The van der Waals surface area contributed by atoms with Gasteiger partial charge < -0.3 is 14.2 Å². The Kier molecular flexibility index (Phi) is 6.62. The number of nitrogens with zero attached hydrogens (tertiary/aromatic N) is 2. The summed E-state index contributed by atoms with van der Waals surface area (Å²) >= 11 is 0. The van der Waals surface area contributed by atoms with Crippen molar-refractivity contribution in [3.8, 4) is 0 Å². The van der Waals surface area contributed by atoms with E-state index in [2.05, 4.69) is 35.9 Å². The first-order chi connectivity index (χ1) is 14.6. The highest BCUT2D eigenvalue weighted by molar-refractivity contribution is 5.99. The molecule has 1 aliphatic carbocycles. The smallest absolute Gasteiger partial charge is 0.253 e. The minimum atomic E-state index is 0.131. The second-order valence-electron chi connectivity index (χ2n) is 9.11. The molecule has 1 saturated heterocycles. The van der Waals surface area contributed by atoms with Crippen molar-refractivity contribution in [2.75, 3.05) is 26.8 Å². The summed E-state index contributed by atoms with van der Waals surface area (Å²) in [7, 11) is 4.11. The molecule has 2 heterocycles. The molecule has 0 saturated carbocycles. The fraction of sp³-hybridized carbons (Fsp3) is 0.577. The molecule has 1 aromatic carbocycles. The van der Waals surface area contributed by atoms with Gasteiger partial charge in [0.05, 0.1) is 0 Å². The van der Waals surface area contributed by atoms with Gasteiger partial charge in [-0.1, -0.05) is 12.2 Å². The first kappa shape index (κ1) is 21.2. The van der Waals surface area contributed by atoms with Crippen LogP contribution in [-0.2, 0) is 24.6 Å². The lowest BCUT2D eigenvalue weighted by atomic mass is 9.75. The van der Waals surface area contributed by atoms with Gasteiger partial charge in [0.1, 0.15) is 0 Å². The highest BCUT2D eigenvalue weighted by Gasteiger charge is 2.31. The molecule has 0 bridgehead atoms. The molecule has 1 amide bonds. The predicted molar refractivity (Wildman–Crippen MR) is 123 cm³/mol. The topological polar surface area (TPSA) is 34.5 Å². The molecule has 1 aliphatic heterocycles. The van der Waals surface area contributed by atoms with Crippen LogP contribution in [0.2, 0.25) is 0 Å². The fourth-order valence-electron chi connectivity index (χ4n) is 5.46. The number of rotatable bonds is 6. The zero-order chi connectivity index (χ0) is 21.1. The molecule has 0 radical (unpaired) electrons. The van der Waals surface area contributed by atoms with Crippen LogP contribution >= 0.6 is 0 Å². The van der Waals surface area contributed by atoms with Crippen molar-refractivity contribution in [1.29, 1.82) is 0 Å². The largest absolute Gasteiger partial charge is 0.381 e. The second-order valence-corrected chi connectivity index (χ2v) is 9.11. The number of aryl methyl sites for hydroxylation is 1. The zero-order valence-corrected chi connectivity index (χ0v) is 18.8. The number of ether oxygens (including phenoxy) is 1. The van der Waals surface area contributed by atoms with Crippen LogP contribution in [0.15, 0.2) is 30.4 Å². The van der Waals surface area contributed by atoms with Crippen LogP contribution in [0.25, 0.3) is 10.9 Å². The van der Waals surface area contributed by atoms with Crippen molar-refractivity contribution < 1.29 is 9.53 Å². The number of aromatic nitrogens is 1. The standard InChI is InChI=1S/C26H36N2O2/c1-4-5-6-7-14-27(2)26(29)21-9-11-25-23(18-21)22-17-20(8-10-24(22)28(25)3)19-12-15-30-16-13-19/h4-5,9,11,18-20H,6-8,10,12-17H2,1-3H3/b5-4+. The quantitative estimate of drug-likeness (QED) is 0.490. The summed E-state index contributed by atoms with van der Waals surface area (Å²) in [6.07, 6.45) is 12.2. The molecular formula is C26H36N2O2. The maximum atomic E-state index is 13.0. The lowest BCUT2D eigenvalue weighted by molar-refractivity contribution is 0.0439. The maximum Gasteiger partial charge on any atom is 0.253 e. The van der Waals surface area contributed by atoms with Crippen LogP contribution in [0.4, 0.5) is 0 Å². The third-order valence-corrected chi connectivity index (χ3v) is 7.28. The van der Waals surface area contributed by atoms with E-state index in [0.717, 1.165) is 62.8 Å². The van der Waals surface area contributed by atoms with Gasteiger partial charge in [-0.15, -0.1) is 0 Å². The molecule has 162 valence electrons. The van der Waals surface area contributed by atoms with Crippen LogP contribution in [0.1, 0.15) is 60.6 Å². The van der Waals surface area contributed by atoms with E-state index in [0.29, 0.717) is 0 Å². The lowest BCUT2D eigenvalue weighted by Gasteiger charge is -2.33. The lowest BCUT2D eigenvalue weighted by Crippen LogP contribution is -2.28. The minimum absolute atomic E-state index is 0.131. The number of allylic oxidation sites excluding steroid dienone is 2. The number of carbonyl (C=O) groups excluding carboxylic acids is 1. The second kappa shape index (κ2) is 9.38. The van der Waals surface area contributed by atoms with Crippen LogP contribution in [0, 0.1) is 11.8 Å². The van der Waals surface area contributed by atoms with E-state index >= 15 is 0 Å². The van der Waals surface area contributed by atoms with Gasteiger partial charge in [0.2, 0.25) is 0 Å². The Bertz CT molecular complexity index is 921. The molecule has 2 aromatic rings. The van der Waals surface area contributed by atoms with Gasteiger partial charge in [0.15, 0.2) is 0 Å². The van der Waals surface area contributed by atoms with Crippen LogP contribution in [0.5, 0.6) is 0 Å².